The maximum absolute atomic E-state index is 12.9. The Hall–Kier alpha value is -2.49. The number of rotatable bonds is 4. The van der Waals surface area contributed by atoms with E-state index >= 15 is 0 Å². The maximum atomic E-state index is 12.9. The van der Waals surface area contributed by atoms with E-state index in [1.807, 2.05) is 12.1 Å². The predicted octanol–water partition coefficient (Wildman–Crippen LogP) is 3.74. The smallest absolute Gasteiger partial charge is 0.338 e. The molecule has 0 heterocycles. The van der Waals surface area contributed by atoms with Crippen molar-refractivity contribution in [2.24, 2.45) is 0 Å². The van der Waals surface area contributed by atoms with Gasteiger partial charge in [0.05, 0.1) is 5.56 Å². The van der Waals surface area contributed by atoms with Gasteiger partial charge >= 0.3 is 5.97 Å². The summed E-state index contributed by atoms with van der Waals surface area (Å²) in [6.45, 7) is 1.55. The average Bonchev–Trinajstić information content (AvgIpc) is 3.02. The zero-order valence-corrected chi connectivity index (χ0v) is 12.8. The van der Waals surface area contributed by atoms with E-state index in [1.165, 1.54) is 35.4 Å². The third-order valence-corrected chi connectivity index (χ3v) is 4.12. The molecule has 0 saturated heterocycles. The number of benzene rings is 2. The Balaban J connectivity index is 1.70. The monoisotopic (exact) mass is 312 g/mol. The average molecular weight is 312 g/mol. The largest absolute Gasteiger partial charge is 0.451 e. The second kappa shape index (κ2) is 6.32. The summed E-state index contributed by atoms with van der Waals surface area (Å²) in [6, 6.07) is 10.7. The van der Waals surface area contributed by atoms with Crippen LogP contribution in [0.5, 0.6) is 0 Å². The lowest BCUT2D eigenvalue weighted by atomic mass is 10.0. The van der Waals surface area contributed by atoms with Gasteiger partial charge in [-0.15, -0.1) is 0 Å². The number of esters is 1. The molecule has 0 saturated carbocycles. The van der Waals surface area contributed by atoms with Crippen molar-refractivity contribution in [1.29, 1.82) is 0 Å². The second-order valence-corrected chi connectivity index (χ2v) is 5.76. The number of halogens is 1. The van der Waals surface area contributed by atoms with Crippen LogP contribution in [-0.4, -0.2) is 17.9 Å². The molecule has 0 N–H and O–H groups in total. The Bertz CT molecular complexity index is 750. The van der Waals surface area contributed by atoms with Crippen molar-refractivity contribution in [3.05, 3.63) is 70.5 Å². The molecule has 1 aliphatic carbocycles. The number of carbonyl (C=O) groups is 2. The van der Waals surface area contributed by atoms with Gasteiger partial charge in [0.1, 0.15) is 5.82 Å². The van der Waals surface area contributed by atoms with Crippen LogP contribution in [0.3, 0.4) is 0 Å². The van der Waals surface area contributed by atoms with Crippen LogP contribution in [-0.2, 0) is 17.6 Å². The van der Waals surface area contributed by atoms with Crippen LogP contribution in [0.2, 0.25) is 0 Å². The van der Waals surface area contributed by atoms with E-state index in [2.05, 4.69) is 0 Å². The summed E-state index contributed by atoms with van der Waals surface area (Å²) in [6.07, 6.45) is 2.27. The number of carbonyl (C=O) groups excluding carboxylic acids is 2. The molecule has 0 radical (unpaired) electrons. The normalized spacial score (nSPS) is 14.2. The van der Waals surface area contributed by atoms with Crippen LogP contribution in [0, 0.1) is 5.82 Å². The molecular formula is C19H17FO3. The van der Waals surface area contributed by atoms with Crippen molar-refractivity contribution >= 4 is 11.8 Å². The molecule has 23 heavy (non-hydrogen) atoms. The van der Waals surface area contributed by atoms with Gasteiger partial charge in [0.25, 0.3) is 0 Å². The SMILES string of the molecule is C[C@H](OC(=O)c1ccc(F)cc1)C(=O)c1ccc2c(c1)CCC2. The highest BCUT2D eigenvalue weighted by Gasteiger charge is 2.22. The topological polar surface area (TPSA) is 43.4 Å². The molecule has 0 aromatic heterocycles. The van der Waals surface area contributed by atoms with Crippen LogP contribution in [0.15, 0.2) is 42.5 Å². The lowest BCUT2D eigenvalue weighted by Gasteiger charge is -2.13. The Morgan fingerprint density at radius 1 is 1.00 bits per heavy atom. The van der Waals surface area contributed by atoms with E-state index in [4.69, 9.17) is 4.74 Å². The van der Waals surface area contributed by atoms with Gasteiger partial charge in [-0.3, -0.25) is 4.79 Å². The minimum atomic E-state index is -0.882. The van der Waals surface area contributed by atoms with Gasteiger partial charge in [-0.05, 0) is 67.6 Å². The van der Waals surface area contributed by atoms with E-state index in [1.54, 1.807) is 13.0 Å². The van der Waals surface area contributed by atoms with Crippen LogP contribution in [0.1, 0.15) is 45.2 Å². The summed E-state index contributed by atoms with van der Waals surface area (Å²) >= 11 is 0. The van der Waals surface area contributed by atoms with Gasteiger partial charge in [0, 0.05) is 5.56 Å². The van der Waals surface area contributed by atoms with Crippen molar-refractivity contribution in [2.45, 2.75) is 32.3 Å². The number of aryl methyl sites for hydroxylation is 2. The Morgan fingerprint density at radius 2 is 1.65 bits per heavy atom. The Kier molecular flexibility index (Phi) is 4.24. The summed E-state index contributed by atoms with van der Waals surface area (Å²) in [5, 5.41) is 0. The summed E-state index contributed by atoms with van der Waals surface area (Å²) in [7, 11) is 0. The van der Waals surface area contributed by atoms with Crippen molar-refractivity contribution in [3.8, 4) is 0 Å². The van der Waals surface area contributed by atoms with Crippen molar-refractivity contribution in [1.82, 2.24) is 0 Å². The molecule has 118 valence electrons. The van der Waals surface area contributed by atoms with Crippen molar-refractivity contribution < 1.29 is 18.7 Å². The number of hydrogen-bond donors (Lipinski definition) is 0. The standard InChI is InChI=1S/C19H17FO3/c1-12(23-19(22)14-7-9-17(20)10-8-14)18(21)16-6-5-13-3-2-4-15(13)11-16/h5-12H,2-4H2,1H3/t12-/m0/s1. The fourth-order valence-corrected chi connectivity index (χ4v) is 2.83. The summed E-state index contributed by atoms with van der Waals surface area (Å²) in [5.74, 6) is -1.29. The van der Waals surface area contributed by atoms with Crippen LogP contribution in [0.25, 0.3) is 0 Å². The molecule has 0 amide bonds. The first-order valence-corrected chi connectivity index (χ1v) is 7.67. The van der Waals surface area contributed by atoms with Gasteiger partial charge < -0.3 is 4.74 Å². The molecule has 0 unspecified atom stereocenters. The molecule has 3 rings (SSSR count). The maximum Gasteiger partial charge on any atom is 0.338 e. The lowest BCUT2D eigenvalue weighted by molar-refractivity contribution is 0.0318. The molecule has 2 aromatic carbocycles. The highest BCUT2D eigenvalue weighted by molar-refractivity contribution is 6.01. The Labute approximate surface area is 134 Å². The van der Waals surface area contributed by atoms with E-state index in [9.17, 15) is 14.0 Å². The van der Waals surface area contributed by atoms with Gasteiger partial charge in [-0.25, -0.2) is 9.18 Å². The second-order valence-electron chi connectivity index (χ2n) is 5.76. The van der Waals surface area contributed by atoms with Gasteiger partial charge in [0.2, 0.25) is 5.78 Å². The van der Waals surface area contributed by atoms with Gasteiger partial charge in [-0.2, -0.15) is 0 Å². The highest BCUT2D eigenvalue weighted by atomic mass is 19.1. The molecule has 0 bridgehead atoms. The number of hydrogen-bond acceptors (Lipinski definition) is 3. The fourth-order valence-electron chi connectivity index (χ4n) is 2.83. The van der Waals surface area contributed by atoms with Crippen molar-refractivity contribution in [3.63, 3.8) is 0 Å². The number of ether oxygens (including phenoxy) is 1. The van der Waals surface area contributed by atoms with Crippen LogP contribution in [0.4, 0.5) is 4.39 Å². The molecule has 0 fully saturated rings. The molecular weight excluding hydrogens is 295 g/mol. The summed E-state index contributed by atoms with van der Waals surface area (Å²) in [4.78, 5) is 24.4. The molecule has 1 aliphatic rings. The molecule has 0 spiro atoms. The summed E-state index contributed by atoms with van der Waals surface area (Å²) in [5.41, 5.74) is 3.27. The molecule has 0 aliphatic heterocycles. The first-order valence-electron chi connectivity index (χ1n) is 7.67. The zero-order chi connectivity index (χ0) is 16.4. The number of ketones is 1. The molecule has 2 aromatic rings. The van der Waals surface area contributed by atoms with E-state index in [-0.39, 0.29) is 11.3 Å². The zero-order valence-electron chi connectivity index (χ0n) is 12.8. The summed E-state index contributed by atoms with van der Waals surface area (Å²) < 4.78 is 18.1. The first-order chi connectivity index (χ1) is 11.0. The minimum Gasteiger partial charge on any atom is -0.451 e. The third-order valence-electron chi connectivity index (χ3n) is 4.12. The lowest BCUT2D eigenvalue weighted by Crippen LogP contribution is -2.24. The third kappa shape index (κ3) is 3.31. The highest BCUT2D eigenvalue weighted by Crippen LogP contribution is 2.23. The molecule has 4 heteroatoms. The fraction of sp³-hybridized carbons (Fsp3) is 0.263. The first kappa shape index (κ1) is 15.4. The molecule has 1 atom stereocenters. The van der Waals surface area contributed by atoms with Gasteiger partial charge in [-0.1, -0.05) is 12.1 Å². The van der Waals surface area contributed by atoms with Crippen LogP contribution >= 0.6 is 0 Å². The van der Waals surface area contributed by atoms with Crippen LogP contribution < -0.4 is 0 Å². The van der Waals surface area contributed by atoms with E-state index < -0.39 is 17.9 Å². The van der Waals surface area contributed by atoms with Crippen molar-refractivity contribution in [2.75, 3.05) is 0 Å². The van der Waals surface area contributed by atoms with Gasteiger partial charge in [0.15, 0.2) is 6.10 Å². The quantitative estimate of drug-likeness (QED) is 0.638. The van der Waals surface area contributed by atoms with E-state index in [0.717, 1.165) is 19.3 Å². The van der Waals surface area contributed by atoms with E-state index in [0.29, 0.717) is 5.56 Å². The Morgan fingerprint density at radius 3 is 2.39 bits per heavy atom. The molecule has 3 nitrogen and oxygen atoms in total. The number of Topliss-reactive ketones (excluding diaryl/α,β-unsaturated/α-hetero) is 1. The minimum absolute atomic E-state index is 0.222. The number of fused-ring (bicyclic) bond motifs is 1. The predicted molar refractivity (Wildman–Crippen MR) is 84.1 cm³/mol.